The number of thiazole rings is 1. The summed E-state index contributed by atoms with van der Waals surface area (Å²) in [7, 11) is 0. The van der Waals surface area contributed by atoms with Gasteiger partial charge in [0.05, 0.1) is 10.6 Å². The quantitative estimate of drug-likeness (QED) is 0.906. The fourth-order valence-corrected chi connectivity index (χ4v) is 4.04. The van der Waals surface area contributed by atoms with E-state index in [1.807, 2.05) is 12.3 Å². The molecule has 0 radical (unpaired) electrons. The average molecular weight is 338 g/mol. The number of aryl methyl sites for hydroxylation is 2. The largest absolute Gasteiger partial charge is 0.389 e. The molecule has 2 aromatic rings. The number of rotatable bonds is 2. The molecule has 1 atom stereocenters. The van der Waals surface area contributed by atoms with E-state index in [0.717, 1.165) is 34.4 Å². The number of hydrogen-bond acceptors (Lipinski definition) is 3. The van der Waals surface area contributed by atoms with Gasteiger partial charge in [-0.15, -0.1) is 11.3 Å². The third-order valence-electron chi connectivity index (χ3n) is 3.69. The van der Waals surface area contributed by atoms with Crippen molar-refractivity contribution < 1.29 is 5.11 Å². The van der Waals surface area contributed by atoms with Crippen LogP contribution < -0.4 is 0 Å². The van der Waals surface area contributed by atoms with Gasteiger partial charge < -0.3 is 5.11 Å². The Kier molecular flexibility index (Phi) is 3.50. The van der Waals surface area contributed by atoms with Gasteiger partial charge in [0.1, 0.15) is 0 Å². The van der Waals surface area contributed by atoms with Gasteiger partial charge in [-0.1, -0.05) is 22.0 Å². The third-order valence-corrected chi connectivity index (χ3v) is 5.15. The van der Waals surface area contributed by atoms with Gasteiger partial charge in [0, 0.05) is 28.4 Å². The molecule has 1 aliphatic carbocycles. The highest BCUT2D eigenvalue weighted by atomic mass is 79.9. The van der Waals surface area contributed by atoms with E-state index in [9.17, 15) is 5.11 Å². The highest BCUT2D eigenvalue weighted by Gasteiger charge is 2.33. The lowest BCUT2D eigenvalue weighted by Crippen LogP contribution is -2.38. The Balaban J connectivity index is 1.81. The fraction of sp³-hybridized carbons (Fsp3) is 0.400. The summed E-state index contributed by atoms with van der Waals surface area (Å²) in [6.07, 6.45) is 3.15. The summed E-state index contributed by atoms with van der Waals surface area (Å²) >= 11 is 5.15. The Morgan fingerprint density at radius 2 is 2.26 bits per heavy atom. The number of hydrogen-bond donors (Lipinski definition) is 1. The third kappa shape index (κ3) is 2.91. The van der Waals surface area contributed by atoms with Crippen LogP contribution in [0.4, 0.5) is 0 Å². The van der Waals surface area contributed by atoms with E-state index in [1.54, 1.807) is 11.3 Å². The molecule has 100 valence electrons. The highest BCUT2D eigenvalue weighted by molar-refractivity contribution is 9.10. The molecule has 0 bridgehead atoms. The maximum atomic E-state index is 10.8. The first kappa shape index (κ1) is 13.3. The second-order valence-electron chi connectivity index (χ2n) is 5.37. The first-order valence-corrected chi connectivity index (χ1v) is 8.12. The van der Waals surface area contributed by atoms with Crippen molar-refractivity contribution in [2.75, 3.05) is 0 Å². The van der Waals surface area contributed by atoms with Crippen LogP contribution >= 0.6 is 27.3 Å². The van der Waals surface area contributed by atoms with E-state index < -0.39 is 5.60 Å². The average Bonchev–Trinajstić information content (AvgIpc) is 2.75. The lowest BCUT2D eigenvalue weighted by molar-refractivity contribution is 0.0266. The highest BCUT2D eigenvalue weighted by Crippen LogP contribution is 2.33. The zero-order valence-corrected chi connectivity index (χ0v) is 13.2. The maximum absolute atomic E-state index is 10.8. The molecule has 4 heteroatoms. The van der Waals surface area contributed by atoms with E-state index in [1.165, 1.54) is 11.1 Å². The molecule has 1 aromatic heterocycles. The zero-order chi connectivity index (χ0) is 13.5. The van der Waals surface area contributed by atoms with Crippen LogP contribution in [-0.2, 0) is 19.3 Å². The van der Waals surface area contributed by atoms with Gasteiger partial charge >= 0.3 is 0 Å². The summed E-state index contributed by atoms with van der Waals surface area (Å²) in [4.78, 5) is 4.47. The second-order valence-corrected chi connectivity index (χ2v) is 7.23. The number of fused-ring (bicyclic) bond motifs is 1. The van der Waals surface area contributed by atoms with Crippen LogP contribution in [0.2, 0.25) is 0 Å². The first-order chi connectivity index (χ1) is 9.04. The van der Waals surface area contributed by atoms with Crippen molar-refractivity contribution in [3.8, 4) is 0 Å². The molecule has 3 rings (SSSR count). The Morgan fingerprint density at radius 3 is 3.00 bits per heavy atom. The van der Waals surface area contributed by atoms with Crippen LogP contribution in [0.25, 0.3) is 0 Å². The summed E-state index contributed by atoms with van der Waals surface area (Å²) in [5.41, 5.74) is 3.04. The molecule has 1 unspecified atom stereocenters. The monoisotopic (exact) mass is 337 g/mol. The summed E-state index contributed by atoms with van der Waals surface area (Å²) in [5.74, 6) is 0. The number of aliphatic hydroxyl groups is 1. The molecule has 0 saturated heterocycles. The molecule has 1 aliphatic rings. The minimum absolute atomic E-state index is 0.634. The van der Waals surface area contributed by atoms with Gasteiger partial charge in [-0.05, 0) is 43.0 Å². The van der Waals surface area contributed by atoms with Crippen molar-refractivity contribution in [2.24, 2.45) is 0 Å². The first-order valence-electron chi connectivity index (χ1n) is 6.45. The number of benzene rings is 1. The Labute approximate surface area is 125 Å². The van der Waals surface area contributed by atoms with Gasteiger partial charge in [0.2, 0.25) is 0 Å². The van der Waals surface area contributed by atoms with Crippen molar-refractivity contribution in [2.45, 2.75) is 38.2 Å². The van der Waals surface area contributed by atoms with E-state index in [-0.39, 0.29) is 0 Å². The Bertz CT molecular complexity index is 610. The van der Waals surface area contributed by atoms with Crippen molar-refractivity contribution in [1.82, 2.24) is 4.98 Å². The molecule has 0 aliphatic heterocycles. The number of nitrogens with zero attached hydrogens (tertiary/aromatic N) is 1. The van der Waals surface area contributed by atoms with E-state index in [0.29, 0.717) is 6.42 Å². The van der Waals surface area contributed by atoms with Gasteiger partial charge in [-0.2, -0.15) is 0 Å². The molecule has 0 spiro atoms. The molecule has 1 N–H and O–H groups in total. The number of aromatic nitrogens is 1. The molecule has 1 aromatic carbocycles. The molecular formula is C15H16BrNOS. The lowest BCUT2D eigenvalue weighted by atomic mass is 9.79. The van der Waals surface area contributed by atoms with Crippen LogP contribution in [0.5, 0.6) is 0 Å². The molecule has 0 fully saturated rings. The van der Waals surface area contributed by atoms with E-state index in [2.05, 4.69) is 39.1 Å². The SMILES string of the molecule is Cc1csc(CC2(O)CCc3cc(Br)ccc3C2)n1. The molecule has 0 saturated carbocycles. The Hall–Kier alpha value is -0.710. The van der Waals surface area contributed by atoms with Crippen molar-refractivity contribution in [3.05, 3.63) is 49.9 Å². The molecular weight excluding hydrogens is 322 g/mol. The van der Waals surface area contributed by atoms with Gasteiger partial charge in [-0.25, -0.2) is 4.98 Å². The molecule has 0 amide bonds. The fourth-order valence-electron chi connectivity index (χ4n) is 2.73. The predicted octanol–water partition coefficient (Wildman–Crippen LogP) is 3.68. The normalized spacial score (nSPS) is 22.3. The topological polar surface area (TPSA) is 33.1 Å². The maximum Gasteiger partial charge on any atom is 0.0956 e. The van der Waals surface area contributed by atoms with Gasteiger partial charge in [-0.3, -0.25) is 0 Å². The van der Waals surface area contributed by atoms with Crippen LogP contribution in [0.15, 0.2) is 28.1 Å². The summed E-state index contributed by atoms with van der Waals surface area (Å²) in [6, 6.07) is 6.34. The molecule has 2 nitrogen and oxygen atoms in total. The minimum atomic E-state index is -0.634. The van der Waals surface area contributed by atoms with E-state index in [4.69, 9.17) is 0 Å². The summed E-state index contributed by atoms with van der Waals surface area (Å²) in [5, 5.41) is 13.9. The van der Waals surface area contributed by atoms with Crippen LogP contribution in [0.3, 0.4) is 0 Å². The van der Waals surface area contributed by atoms with Crippen LogP contribution in [-0.4, -0.2) is 15.7 Å². The Morgan fingerprint density at radius 1 is 1.42 bits per heavy atom. The summed E-state index contributed by atoms with van der Waals surface area (Å²) < 4.78 is 1.12. The second kappa shape index (κ2) is 5.00. The predicted molar refractivity (Wildman–Crippen MR) is 81.7 cm³/mol. The number of halogens is 1. The zero-order valence-electron chi connectivity index (χ0n) is 10.8. The summed E-state index contributed by atoms with van der Waals surface area (Å²) in [6.45, 7) is 2.00. The standard InChI is InChI=1S/C15H16BrNOS/c1-10-9-19-14(17-10)8-15(18)5-4-11-6-13(16)3-2-12(11)7-15/h2-3,6,9,18H,4-5,7-8H2,1H3. The smallest absolute Gasteiger partial charge is 0.0956 e. The van der Waals surface area contributed by atoms with Crippen molar-refractivity contribution in [3.63, 3.8) is 0 Å². The van der Waals surface area contributed by atoms with Gasteiger partial charge in [0.25, 0.3) is 0 Å². The van der Waals surface area contributed by atoms with Crippen molar-refractivity contribution >= 4 is 27.3 Å². The minimum Gasteiger partial charge on any atom is -0.389 e. The van der Waals surface area contributed by atoms with Gasteiger partial charge in [0.15, 0.2) is 0 Å². The molecule has 1 heterocycles. The van der Waals surface area contributed by atoms with Crippen molar-refractivity contribution in [1.29, 1.82) is 0 Å². The van der Waals surface area contributed by atoms with Crippen LogP contribution in [0.1, 0.15) is 28.2 Å². The van der Waals surface area contributed by atoms with Crippen LogP contribution in [0, 0.1) is 6.92 Å². The van der Waals surface area contributed by atoms with E-state index >= 15 is 0 Å². The molecule has 19 heavy (non-hydrogen) atoms. The lowest BCUT2D eigenvalue weighted by Gasteiger charge is -2.33.